The third-order valence-corrected chi connectivity index (χ3v) is 9.86. The Morgan fingerprint density at radius 2 is 1.71 bits per heavy atom. The molecule has 5 heteroatoms. The lowest BCUT2D eigenvalue weighted by Crippen LogP contribution is -2.48. The van der Waals surface area contributed by atoms with Crippen molar-refractivity contribution in [1.29, 1.82) is 0 Å². The second kappa shape index (κ2) is 8.23. The molecule has 0 radical (unpaired) electrons. The smallest absolute Gasteiger partial charge is 0.270 e. The van der Waals surface area contributed by atoms with Gasteiger partial charge in [0.15, 0.2) is 4.32 Å². The summed E-state index contributed by atoms with van der Waals surface area (Å²) in [6, 6.07) is 12.8. The first kappa shape index (κ1) is 22.4. The number of hydrogen-bond acceptors (Lipinski definition) is 4. The van der Waals surface area contributed by atoms with Crippen molar-refractivity contribution in [3.63, 3.8) is 0 Å². The first-order chi connectivity index (χ1) is 16.3. The molecule has 2 aromatic rings. The number of carbonyl (C=O) groups is 1. The molecule has 4 bridgehead atoms. The predicted molar refractivity (Wildman–Crippen MR) is 144 cm³/mol. The van der Waals surface area contributed by atoms with Crippen molar-refractivity contribution in [2.24, 2.45) is 17.8 Å². The molecule has 1 amide bonds. The van der Waals surface area contributed by atoms with E-state index >= 15 is 0 Å². The third kappa shape index (κ3) is 3.63. The van der Waals surface area contributed by atoms with Gasteiger partial charge in [-0.2, -0.15) is 0 Å². The molecule has 0 unspecified atom stereocenters. The van der Waals surface area contributed by atoms with E-state index in [0.29, 0.717) is 14.6 Å². The van der Waals surface area contributed by atoms with Gasteiger partial charge in [0.1, 0.15) is 5.75 Å². The van der Waals surface area contributed by atoms with Gasteiger partial charge >= 0.3 is 0 Å². The summed E-state index contributed by atoms with van der Waals surface area (Å²) >= 11 is 7.03. The maximum atomic E-state index is 13.5. The normalized spacial score (nSPS) is 31.1. The SMILES string of the molecule is COc1ccc(C23CC4CC(CC(C4)C2)C3)cc1/C=C1\SC(=S)N(c2ccc(C)cc2C)C1=O. The van der Waals surface area contributed by atoms with Crippen molar-refractivity contribution in [2.45, 2.75) is 57.8 Å². The van der Waals surface area contributed by atoms with Crippen molar-refractivity contribution >= 4 is 46.0 Å². The highest BCUT2D eigenvalue weighted by atomic mass is 32.2. The molecule has 0 spiro atoms. The van der Waals surface area contributed by atoms with Crippen LogP contribution in [-0.2, 0) is 10.2 Å². The molecule has 3 nitrogen and oxygen atoms in total. The highest BCUT2D eigenvalue weighted by Crippen LogP contribution is 2.61. The Labute approximate surface area is 211 Å². The highest BCUT2D eigenvalue weighted by Gasteiger charge is 2.51. The molecule has 1 aliphatic heterocycles. The summed E-state index contributed by atoms with van der Waals surface area (Å²) in [6.07, 6.45) is 10.2. The summed E-state index contributed by atoms with van der Waals surface area (Å²) in [4.78, 5) is 15.8. The molecular formula is C29H31NO2S2. The van der Waals surface area contributed by atoms with Gasteiger partial charge in [-0.15, -0.1) is 0 Å². The maximum Gasteiger partial charge on any atom is 0.270 e. The number of nitrogens with zero attached hydrogens (tertiary/aromatic N) is 1. The molecular weight excluding hydrogens is 458 g/mol. The highest BCUT2D eigenvalue weighted by molar-refractivity contribution is 8.27. The number of hydrogen-bond donors (Lipinski definition) is 0. The fraction of sp³-hybridized carbons (Fsp3) is 0.448. The molecule has 7 rings (SSSR count). The van der Waals surface area contributed by atoms with Crippen LogP contribution in [0.1, 0.15) is 60.8 Å². The van der Waals surface area contributed by atoms with Gasteiger partial charge in [0.2, 0.25) is 0 Å². The van der Waals surface area contributed by atoms with Crippen LogP contribution in [0.2, 0.25) is 0 Å². The largest absolute Gasteiger partial charge is 0.496 e. The number of ether oxygens (including phenoxy) is 1. The fourth-order valence-electron chi connectivity index (χ4n) is 7.51. The second-order valence-electron chi connectivity index (χ2n) is 11.0. The van der Waals surface area contributed by atoms with E-state index in [1.807, 2.05) is 25.1 Å². The Morgan fingerprint density at radius 3 is 2.32 bits per heavy atom. The zero-order chi connectivity index (χ0) is 23.6. The number of thioether (sulfide) groups is 1. The Morgan fingerprint density at radius 1 is 1.03 bits per heavy atom. The second-order valence-corrected chi connectivity index (χ2v) is 12.6. The first-order valence-electron chi connectivity index (χ1n) is 12.4. The Kier molecular flexibility index (Phi) is 5.42. The van der Waals surface area contributed by atoms with E-state index in [1.54, 1.807) is 12.0 Å². The van der Waals surface area contributed by atoms with Crippen molar-refractivity contribution < 1.29 is 9.53 Å². The lowest BCUT2D eigenvalue weighted by atomic mass is 9.48. The number of carbonyl (C=O) groups excluding carboxylic acids is 1. The van der Waals surface area contributed by atoms with Crippen molar-refractivity contribution in [2.75, 3.05) is 12.0 Å². The quantitative estimate of drug-likeness (QED) is 0.336. The fourth-order valence-corrected chi connectivity index (χ4v) is 8.79. The number of benzene rings is 2. The summed E-state index contributed by atoms with van der Waals surface area (Å²) in [5.74, 6) is 3.44. The number of anilines is 1. The molecule has 1 heterocycles. The minimum absolute atomic E-state index is 0.0517. The molecule has 5 fully saturated rings. The van der Waals surface area contributed by atoms with E-state index in [-0.39, 0.29) is 5.91 Å². The molecule has 34 heavy (non-hydrogen) atoms. The lowest BCUT2D eigenvalue weighted by molar-refractivity contribution is -0.113. The van der Waals surface area contributed by atoms with Crippen molar-refractivity contribution in [3.05, 3.63) is 63.6 Å². The van der Waals surface area contributed by atoms with E-state index in [9.17, 15) is 4.79 Å². The Balaban J connectivity index is 1.36. The van der Waals surface area contributed by atoms with Gasteiger partial charge in [-0.25, -0.2) is 0 Å². The molecule has 176 valence electrons. The van der Waals surface area contributed by atoms with Crippen LogP contribution in [0.5, 0.6) is 5.75 Å². The summed E-state index contributed by atoms with van der Waals surface area (Å²) in [5.41, 5.74) is 5.82. The molecule has 4 saturated carbocycles. The van der Waals surface area contributed by atoms with E-state index in [0.717, 1.165) is 40.3 Å². The van der Waals surface area contributed by atoms with Crippen molar-refractivity contribution in [3.8, 4) is 5.75 Å². The Bertz CT molecular complexity index is 1200. The van der Waals surface area contributed by atoms with Crippen LogP contribution in [0, 0.1) is 31.6 Å². The van der Waals surface area contributed by atoms with E-state index in [2.05, 4.69) is 31.2 Å². The summed E-state index contributed by atoms with van der Waals surface area (Å²) in [5, 5.41) is 0. The predicted octanol–water partition coefficient (Wildman–Crippen LogP) is 7.19. The lowest BCUT2D eigenvalue weighted by Gasteiger charge is -2.57. The van der Waals surface area contributed by atoms with Crippen LogP contribution in [0.4, 0.5) is 5.69 Å². The average Bonchev–Trinajstić information content (AvgIpc) is 3.06. The maximum absolute atomic E-state index is 13.5. The van der Waals surface area contributed by atoms with Crippen LogP contribution in [0.15, 0.2) is 41.3 Å². The molecule has 4 aliphatic carbocycles. The third-order valence-electron chi connectivity index (χ3n) is 8.55. The topological polar surface area (TPSA) is 29.5 Å². The van der Waals surface area contributed by atoms with Gasteiger partial charge in [0.05, 0.1) is 17.7 Å². The van der Waals surface area contributed by atoms with E-state index in [4.69, 9.17) is 17.0 Å². The van der Waals surface area contributed by atoms with Gasteiger partial charge in [0.25, 0.3) is 5.91 Å². The number of thiocarbonyl (C=S) groups is 1. The minimum atomic E-state index is -0.0517. The molecule has 5 aliphatic rings. The average molecular weight is 490 g/mol. The van der Waals surface area contributed by atoms with E-state index in [1.165, 1.54) is 61.4 Å². The first-order valence-corrected chi connectivity index (χ1v) is 13.6. The molecule has 0 N–H and O–H groups in total. The minimum Gasteiger partial charge on any atom is -0.496 e. The van der Waals surface area contributed by atoms with Gasteiger partial charge in [-0.05, 0) is 111 Å². The summed E-state index contributed by atoms with van der Waals surface area (Å²) in [7, 11) is 1.71. The van der Waals surface area contributed by atoms with Gasteiger partial charge < -0.3 is 4.74 Å². The van der Waals surface area contributed by atoms with Crippen LogP contribution in [-0.4, -0.2) is 17.3 Å². The number of methoxy groups -OCH3 is 1. The monoisotopic (exact) mass is 489 g/mol. The van der Waals surface area contributed by atoms with Gasteiger partial charge in [-0.1, -0.05) is 47.7 Å². The molecule has 2 aromatic carbocycles. The standard InChI is InChI=1S/C29H31NO2S2/c1-17-4-6-24(18(2)8-17)30-27(31)26(34-28(30)33)13-22-12-23(5-7-25(22)32-3)29-14-19-9-20(15-29)11-21(10-19)16-29/h4-8,12-13,19-21H,9-11,14-16H2,1-3H3/b26-13-. The number of rotatable bonds is 4. The number of aryl methyl sites for hydroxylation is 2. The van der Waals surface area contributed by atoms with E-state index < -0.39 is 0 Å². The molecule has 0 atom stereocenters. The van der Waals surface area contributed by atoms with Crippen LogP contribution < -0.4 is 9.64 Å². The Hall–Kier alpha value is -2.11. The van der Waals surface area contributed by atoms with Gasteiger partial charge in [0, 0.05) is 5.56 Å². The zero-order valence-corrected chi connectivity index (χ0v) is 21.7. The van der Waals surface area contributed by atoms with Crippen LogP contribution in [0.25, 0.3) is 6.08 Å². The number of amides is 1. The van der Waals surface area contributed by atoms with Crippen LogP contribution >= 0.6 is 24.0 Å². The molecule has 0 aromatic heterocycles. The summed E-state index contributed by atoms with van der Waals surface area (Å²) in [6.45, 7) is 4.09. The van der Waals surface area contributed by atoms with Crippen molar-refractivity contribution in [1.82, 2.24) is 0 Å². The van der Waals surface area contributed by atoms with Gasteiger partial charge in [-0.3, -0.25) is 9.69 Å². The molecule has 1 saturated heterocycles. The zero-order valence-electron chi connectivity index (χ0n) is 20.1. The van der Waals surface area contributed by atoms with Crippen LogP contribution in [0.3, 0.4) is 0 Å². The summed E-state index contributed by atoms with van der Waals surface area (Å²) < 4.78 is 6.31.